The van der Waals surface area contributed by atoms with Gasteiger partial charge in [0, 0.05) is 43.7 Å². The SMILES string of the molecule is Cc1cc2c(N3CC[C@H](N4CCOCC4)[C@H](CCCO)C3)ncnc2s1. The molecule has 2 aliphatic rings. The smallest absolute Gasteiger partial charge is 0.140 e. The van der Waals surface area contributed by atoms with Crippen LogP contribution in [0.4, 0.5) is 5.82 Å². The molecule has 6 nitrogen and oxygen atoms in total. The molecule has 0 aliphatic carbocycles. The van der Waals surface area contributed by atoms with Crippen LogP contribution in [0.25, 0.3) is 10.2 Å². The van der Waals surface area contributed by atoms with E-state index in [0.717, 1.165) is 69.3 Å². The van der Waals surface area contributed by atoms with Crippen molar-refractivity contribution in [2.75, 3.05) is 50.9 Å². The van der Waals surface area contributed by atoms with Crippen molar-refractivity contribution in [2.24, 2.45) is 5.92 Å². The molecule has 2 fully saturated rings. The summed E-state index contributed by atoms with van der Waals surface area (Å²) in [6.45, 7) is 8.17. The fraction of sp³-hybridized carbons (Fsp3) is 0.684. The average molecular weight is 377 g/mol. The molecule has 0 aromatic carbocycles. The number of fused-ring (bicyclic) bond motifs is 1. The number of aliphatic hydroxyl groups excluding tert-OH is 1. The Labute approximate surface area is 158 Å². The van der Waals surface area contributed by atoms with Gasteiger partial charge in [-0.25, -0.2) is 9.97 Å². The van der Waals surface area contributed by atoms with Crippen molar-refractivity contribution >= 4 is 27.4 Å². The Balaban J connectivity index is 1.55. The Morgan fingerprint density at radius 3 is 2.92 bits per heavy atom. The number of ether oxygens (including phenoxy) is 1. The molecule has 0 spiro atoms. The topological polar surface area (TPSA) is 61.7 Å². The molecule has 2 saturated heterocycles. The van der Waals surface area contributed by atoms with Gasteiger partial charge in [0.2, 0.25) is 0 Å². The van der Waals surface area contributed by atoms with Crippen molar-refractivity contribution < 1.29 is 9.84 Å². The van der Waals surface area contributed by atoms with Crippen LogP contribution in [0.2, 0.25) is 0 Å². The highest BCUT2D eigenvalue weighted by Crippen LogP contribution is 2.34. The Hall–Kier alpha value is -1.28. The summed E-state index contributed by atoms with van der Waals surface area (Å²) in [5, 5.41) is 10.5. The first-order valence-corrected chi connectivity index (χ1v) is 10.5. The molecule has 2 aromatic rings. The number of aryl methyl sites for hydroxylation is 1. The third-order valence-electron chi connectivity index (χ3n) is 5.67. The third-order valence-corrected chi connectivity index (χ3v) is 6.63. The fourth-order valence-electron chi connectivity index (χ4n) is 4.45. The van der Waals surface area contributed by atoms with Crippen molar-refractivity contribution in [2.45, 2.75) is 32.2 Å². The quantitative estimate of drug-likeness (QED) is 0.864. The lowest BCUT2D eigenvalue weighted by molar-refractivity contribution is -0.00413. The van der Waals surface area contributed by atoms with E-state index >= 15 is 0 Å². The van der Waals surface area contributed by atoms with Gasteiger partial charge in [0.05, 0.1) is 18.6 Å². The van der Waals surface area contributed by atoms with E-state index in [1.54, 1.807) is 17.7 Å². The maximum absolute atomic E-state index is 9.35. The van der Waals surface area contributed by atoms with E-state index in [0.29, 0.717) is 12.0 Å². The van der Waals surface area contributed by atoms with Crippen molar-refractivity contribution in [3.05, 3.63) is 17.3 Å². The predicted molar refractivity (Wildman–Crippen MR) is 105 cm³/mol. The summed E-state index contributed by atoms with van der Waals surface area (Å²) >= 11 is 1.74. The van der Waals surface area contributed by atoms with Gasteiger partial charge < -0.3 is 14.7 Å². The fourth-order valence-corrected chi connectivity index (χ4v) is 5.30. The van der Waals surface area contributed by atoms with Crippen LogP contribution in [-0.2, 0) is 4.74 Å². The summed E-state index contributed by atoms with van der Waals surface area (Å²) in [6, 6.07) is 2.80. The zero-order valence-electron chi connectivity index (χ0n) is 15.4. The molecule has 0 bridgehead atoms. The molecule has 0 saturated carbocycles. The first-order valence-electron chi connectivity index (χ1n) is 9.65. The lowest BCUT2D eigenvalue weighted by Crippen LogP contribution is -2.54. The molecule has 1 N–H and O–H groups in total. The molecule has 4 heterocycles. The van der Waals surface area contributed by atoms with E-state index in [4.69, 9.17) is 4.74 Å². The molecule has 7 heteroatoms. The number of aliphatic hydroxyl groups is 1. The highest BCUT2D eigenvalue weighted by Gasteiger charge is 2.34. The maximum Gasteiger partial charge on any atom is 0.140 e. The second-order valence-electron chi connectivity index (χ2n) is 7.35. The second-order valence-corrected chi connectivity index (χ2v) is 8.58. The minimum absolute atomic E-state index is 0.272. The van der Waals surface area contributed by atoms with E-state index in [1.165, 1.54) is 10.3 Å². The van der Waals surface area contributed by atoms with Crippen LogP contribution >= 0.6 is 11.3 Å². The normalized spacial score (nSPS) is 25.1. The van der Waals surface area contributed by atoms with Gasteiger partial charge in [-0.15, -0.1) is 11.3 Å². The van der Waals surface area contributed by atoms with Gasteiger partial charge in [-0.2, -0.15) is 0 Å². The zero-order valence-corrected chi connectivity index (χ0v) is 16.2. The summed E-state index contributed by atoms with van der Waals surface area (Å²) in [6.07, 6.45) is 4.77. The van der Waals surface area contributed by atoms with Gasteiger partial charge in [0.1, 0.15) is 17.0 Å². The summed E-state index contributed by atoms with van der Waals surface area (Å²) in [4.78, 5) is 16.5. The molecular weight excluding hydrogens is 348 g/mol. The third kappa shape index (κ3) is 3.71. The van der Waals surface area contributed by atoms with E-state index < -0.39 is 0 Å². The highest BCUT2D eigenvalue weighted by atomic mass is 32.1. The molecule has 26 heavy (non-hydrogen) atoms. The number of hydrogen-bond donors (Lipinski definition) is 1. The monoisotopic (exact) mass is 376 g/mol. The number of rotatable bonds is 5. The van der Waals surface area contributed by atoms with Crippen LogP contribution in [0.1, 0.15) is 24.1 Å². The van der Waals surface area contributed by atoms with Crippen molar-refractivity contribution in [3.63, 3.8) is 0 Å². The van der Waals surface area contributed by atoms with E-state index in [2.05, 4.69) is 32.8 Å². The number of thiophene rings is 1. The highest BCUT2D eigenvalue weighted by molar-refractivity contribution is 7.18. The number of nitrogens with zero attached hydrogens (tertiary/aromatic N) is 4. The molecule has 2 aliphatic heterocycles. The van der Waals surface area contributed by atoms with Gasteiger partial charge in [0.15, 0.2) is 0 Å². The summed E-state index contributed by atoms with van der Waals surface area (Å²) in [5.41, 5.74) is 0. The molecule has 0 amide bonds. The Kier molecular flexibility index (Phi) is 5.69. The van der Waals surface area contributed by atoms with Gasteiger partial charge in [0.25, 0.3) is 0 Å². The van der Waals surface area contributed by atoms with Crippen LogP contribution in [-0.4, -0.2) is 72.0 Å². The molecule has 4 rings (SSSR count). The van der Waals surface area contributed by atoms with E-state index in [9.17, 15) is 5.11 Å². The van der Waals surface area contributed by atoms with Gasteiger partial charge in [-0.1, -0.05) is 0 Å². The largest absolute Gasteiger partial charge is 0.396 e. The van der Waals surface area contributed by atoms with Gasteiger partial charge >= 0.3 is 0 Å². The van der Waals surface area contributed by atoms with Crippen molar-refractivity contribution in [1.29, 1.82) is 0 Å². The number of morpholine rings is 1. The lowest BCUT2D eigenvalue weighted by atomic mass is 9.86. The minimum Gasteiger partial charge on any atom is -0.396 e. The lowest BCUT2D eigenvalue weighted by Gasteiger charge is -2.45. The summed E-state index contributed by atoms with van der Waals surface area (Å²) in [7, 11) is 0. The molecule has 2 aromatic heterocycles. The minimum atomic E-state index is 0.272. The molecule has 0 radical (unpaired) electrons. The van der Waals surface area contributed by atoms with Crippen LogP contribution in [0.3, 0.4) is 0 Å². The molecule has 142 valence electrons. The van der Waals surface area contributed by atoms with E-state index in [1.807, 2.05) is 0 Å². The molecular formula is C19H28N4O2S. The Bertz CT molecular complexity index is 731. The number of piperidine rings is 1. The first kappa shape index (κ1) is 18.1. The van der Waals surface area contributed by atoms with Crippen molar-refractivity contribution in [1.82, 2.24) is 14.9 Å². The second kappa shape index (κ2) is 8.17. The van der Waals surface area contributed by atoms with Crippen molar-refractivity contribution in [3.8, 4) is 0 Å². The average Bonchev–Trinajstić information content (AvgIpc) is 3.07. The first-order chi connectivity index (χ1) is 12.8. The number of aromatic nitrogens is 2. The standard InChI is InChI=1S/C19H28N4O2S/c1-14-11-16-18(20-13-21-19(16)26-14)23-5-4-17(15(12-23)3-2-8-24)22-6-9-25-10-7-22/h11,13,15,17,24H,2-10,12H2,1H3/t15-,17+/m1/s1. The molecule has 2 atom stereocenters. The predicted octanol–water partition coefficient (Wildman–Crippen LogP) is 2.30. The van der Waals surface area contributed by atoms with Crippen LogP contribution in [0.15, 0.2) is 12.4 Å². The zero-order chi connectivity index (χ0) is 17.9. The van der Waals surface area contributed by atoms with Crippen LogP contribution in [0.5, 0.6) is 0 Å². The number of anilines is 1. The van der Waals surface area contributed by atoms with Gasteiger partial charge in [-0.3, -0.25) is 4.90 Å². The number of hydrogen-bond acceptors (Lipinski definition) is 7. The van der Waals surface area contributed by atoms with Crippen LogP contribution in [0, 0.1) is 12.8 Å². The van der Waals surface area contributed by atoms with Crippen LogP contribution < -0.4 is 4.90 Å². The Morgan fingerprint density at radius 1 is 1.27 bits per heavy atom. The van der Waals surface area contributed by atoms with E-state index in [-0.39, 0.29) is 6.61 Å². The maximum atomic E-state index is 9.35. The molecule has 0 unspecified atom stereocenters. The Morgan fingerprint density at radius 2 is 2.12 bits per heavy atom. The summed E-state index contributed by atoms with van der Waals surface area (Å²) in [5.74, 6) is 1.63. The summed E-state index contributed by atoms with van der Waals surface area (Å²) < 4.78 is 5.54. The van der Waals surface area contributed by atoms with Gasteiger partial charge in [-0.05, 0) is 38.2 Å².